The van der Waals surface area contributed by atoms with E-state index in [9.17, 15) is 14.4 Å². The molecule has 0 aliphatic heterocycles. The monoisotopic (exact) mass is 293 g/mol. The van der Waals surface area contributed by atoms with Gasteiger partial charge in [-0.2, -0.15) is 0 Å². The van der Waals surface area contributed by atoms with Crippen molar-refractivity contribution in [1.82, 2.24) is 10.6 Å². The summed E-state index contributed by atoms with van der Waals surface area (Å²) in [6, 6.07) is 6.11. The summed E-state index contributed by atoms with van der Waals surface area (Å²) < 4.78 is 5.00. The lowest BCUT2D eigenvalue weighted by Crippen LogP contribution is -2.43. The van der Waals surface area contributed by atoms with E-state index in [1.165, 1.54) is 14.0 Å². The number of nitrogens with one attached hydrogen (secondary N) is 2. The third-order valence-corrected chi connectivity index (χ3v) is 2.74. The topological polar surface area (TPSA) is 87.7 Å². The molecule has 3 amide bonds. The van der Waals surface area contributed by atoms with E-state index >= 15 is 0 Å². The molecular weight excluding hydrogens is 274 g/mol. The minimum atomic E-state index is -1.07. The molecule has 1 atom stereocenters. The number of urea groups is 1. The van der Waals surface area contributed by atoms with Crippen molar-refractivity contribution in [3.63, 3.8) is 0 Å². The van der Waals surface area contributed by atoms with Crippen LogP contribution in [0.4, 0.5) is 10.5 Å². The van der Waals surface area contributed by atoms with Crippen molar-refractivity contribution in [2.75, 3.05) is 26.0 Å². The maximum Gasteiger partial charge on any atom is 0.338 e. The highest BCUT2D eigenvalue weighted by molar-refractivity contribution is 5.98. The van der Waals surface area contributed by atoms with Gasteiger partial charge in [-0.3, -0.25) is 10.1 Å². The number of hydrogen-bond acceptors (Lipinski definition) is 5. The molecule has 7 nitrogen and oxygen atoms in total. The number of ether oxygens (including phenoxy) is 1. The van der Waals surface area contributed by atoms with Gasteiger partial charge in [-0.25, -0.2) is 9.59 Å². The number of rotatable bonds is 4. The van der Waals surface area contributed by atoms with Crippen molar-refractivity contribution in [3.8, 4) is 0 Å². The molecule has 2 N–H and O–H groups in total. The van der Waals surface area contributed by atoms with Crippen LogP contribution in [0.1, 0.15) is 17.3 Å². The second-order valence-electron chi connectivity index (χ2n) is 4.56. The lowest BCUT2D eigenvalue weighted by Gasteiger charge is -2.14. The zero-order chi connectivity index (χ0) is 16.0. The fourth-order valence-corrected chi connectivity index (χ4v) is 1.45. The van der Waals surface area contributed by atoms with Crippen LogP contribution in [0.5, 0.6) is 0 Å². The summed E-state index contributed by atoms with van der Waals surface area (Å²) in [6.07, 6.45) is -1.07. The van der Waals surface area contributed by atoms with Crippen LogP contribution in [0.25, 0.3) is 0 Å². The molecule has 0 aliphatic rings. The number of hydrogen-bond donors (Lipinski definition) is 2. The second-order valence-corrected chi connectivity index (χ2v) is 4.56. The van der Waals surface area contributed by atoms with E-state index < -0.39 is 24.0 Å². The number of carbonyl (C=O) groups is 3. The van der Waals surface area contributed by atoms with Crippen LogP contribution >= 0.6 is 0 Å². The first-order valence-electron chi connectivity index (χ1n) is 6.36. The maximum atomic E-state index is 11.9. The Morgan fingerprint density at radius 1 is 1.14 bits per heavy atom. The number of esters is 1. The lowest BCUT2D eigenvalue weighted by molar-refractivity contribution is -0.127. The summed E-state index contributed by atoms with van der Waals surface area (Å²) in [5.41, 5.74) is 1.28. The minimum Gasteiger partial charge on any atom is -0.449 e. The summed E-state index contributed by atoms with van der Waals surface area (Å²) in [7, 11) is 5.16. The quantitative estimate of drug-likeness (QED) is 0.800. The summed E-state index contributed by atoms with van der Waals surface area (Å²) in [5.74, 6) is -1.31. The molecule has 1 aromatic rings. The number of benzene rings is 1. The molecule has 0 fully saturated rings. The van der Waals surface area contributed by atoms with Gasteiger partial charge in [0.1, 0.15) is 0 Å². The van der Waals surface area contributed by atoms with E-state index in [0.29, 0.717) is 5.56 Å². The van der Waals surface area contributed by atoms with Crippen LogP contribution in [0.2, 0.25) is 0 Å². The van der Waals surface area contributed by atoms with Crippen molar-refractivity contribution in [2.45, 2.75) is 13.0 Å². The molecule has 1 unspecified atom stereocenters. The van der Waals surface area contributed by atoms with E-state index in [-0.39, 0.29) is 0 Å². The Hall–Kier alpha value is -2.57. The fourth-order valence-electron chi connectivity index (χ4n) is 1.45. The van der Waals surface area contributed by atoms with E-state index in [1.807, 2.05) is 24.3 Å². The van der Waals surface area contributed by atoms with Crippen molar-refractivity contribution in [2.24, 2.45) is 0 Å². The number of anilines is 1. The Balaban J connectivity index is 2.63. The maximum absolute atomic E-state index is 11.9. The number of carbonyl (C=O) groups excluding carboxylic acids is 3. The van der Waals surface area contributed by atoms with Crippen LogP contribution < -0.4 is 15.5 Å². The van der Waals surface area contributed by atoms with Gasteiger partial charge in [0.05, 0.1) is 5.56 Å². The van der Waals surface area contributed by atoms with Crippen molar-refractivity contribution in [1.29, 1.82) is 0 Å². The third kappa shape index (κ3) is 4.79. The predicted octanol–water partition coefficient (Wildman–Crippen LogP) is 0.753. The molecule has 0 bridgehead atoms. The number of amides is 3. The van der Waals surface area contributed by atoms with Crippen LogP contribution in [0.3, 0.4) is 0 Å². The predicted molar refractivity (Wildman–Crippen MR) is 78.2 cm³/mol. The van der Waals surface area contributed by atoms with E-state index in [1.54, 1.807) is 24.3 Å². The third-order valence-electron chi connectivity index (χ3n) is 2.74. The van der Waals surface area contributed by atoms with Crippen LogP contribution in [-0.2, 0) is 9.53 Å². The molecule has 0 spiro atoms. The highest BCUT2D eigenvalue weighted by Gasteiger charge is 2.20. The number of nitrogens with zero attached hydrogens (tertiary/aromatic N) is 1. The zero-order valence-corrected chi connectivity index (χ0v) is 12.5. The largest absolute Gasteiger partial charge is 0.449 e. The smallest absolute Gasteiger partial charge is 0.338 e. The molecule has 0 radical (unpaired) electrons. The van der Waals surface area contributed by atoms with Crippen molar-refractivity contribution >= 4 is 23.6 Å². The molecule has 0 aromatic heterocycles. The van der Waals surface area contributed by atoms with Gasteiger partial charge in [-0.05, 0) is 31.2 Å². The average Bonchev–Trinajstić information content (AvgIpc) is 2.46. The van der Waals surface area contributed by atoms with E-state index in [4.69, 9.17) is 4.74 Å². The van der Waals surface area contributed by atoms with Gasteiger partial charge in [0.15, 0.2) is 6.10 Å². The molecule has 1 aromatic carbocycles. The Labute approximate surface area is 123 Å². The Bertz CT molecular complexity index is 526. The van der Waals surface area contributed by atoms with E-state index in [2.05, 4.69) is 5.32 Å². The highest BCUT2D eigenvalue weighted by Crippen LogP contribution is 2.13. The molecule has 0 saturated heterocycles. The van der Waals surface area contributed by atoms with Gasteiger partial charge in [-0.1, -0.05) is 0 Å². The molecule has 1 rings (SSSR count). The van der Waals surface area contributed by atoms with Gasteiger partial charge in [0.25, 0.3) is 5.91 Å². The fraction of sp³-hybridized carbons (Fsp3) is 0.357. The first-order valence-corrected chi connectivity index (χ1v) is 6.36. The summed E-state index contributed by atoms with van der Waals surface area (Å²) in [4.78, 5) is 36.3. The summed E-state index contributed by atoms with van der Waals surface area (Å²) in [5, 5.41) is 4.27. The second kappa shape index (κ2) is 7.28. The Morgan fingerprint density at radius 3 is 2.19 bits per heavy atom. The molecule has 21 heavy (non-hydrogen) atoms. The Kier molecular flexibility index (Phi) is 5.71. The SMILES string of the molecule is CNC(=O)NC(=O)C(C)OC(=O)c1ccc(N(C)C)cc1. The lowest BCUT2D eigenvalue weighted by atomic mass is 10.2. The molecule has 7 heteroatoms. The summed E-state index contributed by atoms with van der Waals surface area (Å²) >= 11 is 0. The first kappa shape index (κ1) is 16.5. The van der Waals surface area contributed by atoms with Gasteiger partial charge in [0.2, 0.25) is 0 Å². The van der Waals surface area contributed by atoms with Crippen LogP contribution in [0, 0.1) is 0 Å². The molecule has 114 valence electrons. The molecule has 0 heterocycles. The van der Waals surface area contributed by atoms with E-state index in [0.717, 1.165) is 5.69 Å². The van der Waals surface area contributed by atoms with Crippen molar-refractivity contribution < 1.29 is 19.1 Å². The average molecular weight is 293 g/mol. The van der Waals surface area contributed by atoms with Gasteiger partial charge in [0, 0.05) is 26.8 Å². The first-order chi connectivity index (χ1) is 9.85. The number of imide groups is 1. The van der Waals surface area contributed by atoms with Gasteiger partial charge in [-0.15, -0.1) is 0 Å². The van der Waals surface area contributed by atoms with Gasteiger partial charge < -0.3 is 15.0 Å². The van der Waals surface area contributed by atoms with Crippen molar-refractivity contribution in [3.05, 3.63) is 29.8 Å². The van der Waals surface area contributed by atoms with Crippen LogP contribution in [-0.4, -0.2) is 45.2 Å². The standard InChI is InChI=1S/C14H19N3O4/c1-9(12(18)16-14(20)15-2)21-13(19)10-5-7-11(8-6-10)17(3)4/h5-9H,1-4H3,(H2,15,16,18,20). The highest BCUT2D eigenvalue weighted by atomic mass is 16.5. The molecule has 0 aliphatic carbocycles. The Morgan fingerprint density at radius 2 is 1.71 bits per heavy atom. The molecule has 0 saturated carbocycles. The zero-order valence-electron chi connectivity index (χ0n) is 12.5. The summed E-state index contributed by atoms with van der Waals surface area (Å²) in [6.45, 7) is 1.39. The minimum absolute atomic E-state index is 0.334. The van der Waals surface area contributed by atoms with Crippen LogP contribution in [0.15, 0.2) is 24.3 Å². The molecular formula is C14H19N3O4. The van der Waals surface area contributed by atoms with Gasteiger partial charge >= 0.3 is 12.0 Å². The normalized spacial score (nSPS) is 11.2.